The van der Waals surface area contributed by atoms with Gasteiger partial charge in [0.05, 0.1) is 22.9 Å². The number of rotatable bonds is 3. The van der Waals surface area contributed by atoms with E-state index in [1.54, 1.807) is 12.3 Å². The minimum absolute atomic E-state index is 0.0297. The van der Waals surface area contributed by atoms with Gasteiger partial charge in [-0.3, -0.25) is 9.69 Å². The van der Waals surface area contributed by atoms with E-state index >= 15 is 0 Å². The van der Waals surface area contributed by atoms with Crippen molar-refractivity contribution in [2.75, 3.05) is 38.0 Å². The molecular weight excluding hydrogens is 332 g/mol. The van der Waals surface area contributed by atoms with Crippen LogP contribution in [0.4, 0.5) is 5.69 Å². The molecule has 1 aromatic heterocycles. The Hall–Kier alpha value is -0.690. The Balaban J connectivity index is 1.87. The second kappa shape index (κ2) is 7.19. The van der Waals surface area contributed by atoms with Crippen molar-refractivity contribution in [2.45, 2.75) is 6.42 Å². The van der Waals surface area contributed by atoms with Gasteiger partial charge < -0.3 is 10.6 Å². The lowest BCUT2D eigenvalue weighted by atomic mass is 10.3. The Morgan fingerprint density at radius 2 is 2.37 bits per heavy atom. The summed E-state index contributed by atoms with van der Waals surface area (Å²) in [7, 11) is 0. The molecule has 1 amide bonds. The van der Waals surface area contributed by atoms with Crippen molar-refractivity contribution in [3.63, 3.8) is 0 Å². The number of halogens is 2. The van der Waals surface area contributed by atoms with E-state index in [1.165, 1.54) is 0 Å². The summed E-state index contributed by atoms with van der Waals surface area (Å²) in [6.45, 7) is 4.20. The minimum atomic E-state index is -0.0297. The SMILES string of the molecule is O=C(CN1CCCNCC1)Nc1cnc(Cl)c(Br)c1. The molecule has 0 bridgehead atoms. The molecule has 1 saturated heterocycles. The highest BCUT2D eigenvalue weighted by Gasteiger charge is 2.13. The van der Waals surface area contributed by atoms with Gasteiger partial charge in [0.1, 0.15) is 5.15 Å². The monoisotopic (exact) mass is 346 g/mol. The number of hydrogen-bond acceptors (Lipinski definition) is 4. The van der Waals surface area contributed by atoms with E-state index in [2.05, 4.69) is 36.4 Å². The summed E-state index contributed by atoms with van der Waals surface area (Å²) < 4.78 is 0.672. The lowest BCUT2D eigenvalue weighted by Gasteiger charge is -2.18. The lowest BCUT2D eigenvalue weighted by Crippen LogP contribution is -2.35. The first-order valence-electron chi connectivity index (χ1n) is 6.19. The molecule has 1 aliphatic rings. The topological polar surface area (TPSA) is 57.3 Å². The zero-order valence-corrected chi connectivity index (χ0v) is 12.8. The van der Waals surface area contributed by atoms with Crippen molar-refractivity contribution in [3.8, 4) is 0 Å². The maximum atomic E-state index is 11.9. The van der Waals surface area contributed by atoms with Gasteiger partial charge in [-0.1, -0.05) is 11.6 Å². The molecule has 1 aromatic rings. The zero-order valence-electron chi connectivity index (χ0n) is 10.5. The molecule has 0 aliphatic carbocycles. The summed E-state index contributed by atoms with van der Waals surface area (Å²) in [5, 5.41) is 6.52. The average Bonchev–Trinajstić information content (AvgIpc) is 2.62. The van der Waals surface area contributed by atoms with Crippen LogP contribution in [-0.2, 0) is 4.79 Å². The predicted octanol–water partition coefficient (Wildman–Crippen LogP) is 1.73. The third-order valence-corrected chi connectivity index (χ3v) is 4.01. The van der Waals surface area contributed by atoms with Gasteiger partial charge in [0.15, 0.2) is 0 Å². The Morgan fingerprint density at radius 3 is 3.16 bits per heavy atom. The standard InChI is InChI=1S/C12H16BrClN4O/c13-10-6-9(7-16-12(10)14)17-11(19)8-18-4-1-2-15-3-5-18/h6-7,15H,1-5,8H2,(H,17,19). The van der Waals surface area contributed by atoms with Crippen molar-refractivity contribution in [2.24, 2.45) is 0 Å². The van der Waals surface area contributed by atoms with Crippen LogP contribution in [0.3, 0.4) is 0 Å². The fraction of sp³-hybridized carbons (Fsp3) is 0.500. The van der Waals surface area contributed by atoms with Crippen molar-refractivity contribution < 1.29 is 4.79 Å². The predicted molar refractivity (Wildman–Crippen MR) is 79.5 cm³/mol. The van der Waals surface area contributed by atoms with Gasteiger partial charge in [-0.05, 0) is 41.5 Å². The highest BCUT2D eigenvalue weighted by atomic mass is 79.9. The first-order valence-corrected chi connectivity index (χ1v) is 7.36. The smallest absolute Gasteiger partial charge is 0.238 e. The Labute approximate surface area is 125 Å². The Bertz CT molecular complexity index is 449. The van der Waals surface area contributed by atoms with E-state index in [1.807, 2.05) is 0 Å². The molecule has 0 saturated carbocycles. The molecule has 1 aliphatic heterocycles. The fourth-order valence-electron chi connectivity index (χ4n) is 1.95. The summed E-state index contributed by atoms with van der Waals surface area (Å²) in [4.78, 5) is 18.1. The molecule has 0 atom stereocenters. The van der Waals surface area contributed by atoms with E-state index < -0.39 is 0 Å². The van der Waals surface area contributed by atoms with Crippen molar-refractivity contribution in [3.05, 3.63) is 21.9 Å². The summed E-state index contributed by atoms with van der Waals surface area (Å²) in [6.07, 6.45) is 2.62. The van der Waals surface area contributed by atoms with Crippen LogP contribution >= 0.6 is 27.5 Å². The van der Waals surface area contributed by atoms with E-state index in [-0.39, 0.29) is 5.91 Å². The molecule has 2 rings (SSSR count). The van der Waals surface area contributed by atoms with Gasteiger partial charge in [0, 0.05) is 13.1 Å². The second-order valence-electron chi connectivity index (χ2n) is 4.42. The highest BCUT2D eigenvalue weighted by molar-refractivity contribution is 9.10. The number of aromatic nitrogens is 1. The molecule has 19 heavy (non-hydrogen) atoms. The average molecular weight is 348 g/mol. The quantitative estimate of drug-likeness (QED) is 0.818. The molecular formula is C12H16BrClN4O. The molecule has 0 spiro atoms. The van der Waals surface area contributed by atoms with Crippen LogP contribution in [0.25, 0.3) is 0 Å². The molecule has 0 unspecified atom stereocenters. The highest BCUT2D eigenvalue weighted by Crippen LogP contribution is 2.22. The summed E-state index contributed by atoms with van der Waals surface area (Å²) in [5.41, 5.74) is 0.647. The van der Waals surface area contributed by atoms with E-state index in [0.717, 1.165) is 32.6 Å². The largest absolute Gasteiger partial charge is 0.324 e. The maximum absolute atomic E-state index is 11.9. The van der Waals surface area contributed by atoms with Crippen LogP contribution in [0.15, 0.2) is 16.7 Å². The lowest BCUT2D eigenvalue weighted by molar-refractivity contribution is -0.117. The van der Waals surface area contributed by atoms with E-state index in [4.69, 9.17) is 11.6 Å². The van der Waals surface area contributed by atoms with Crippen molar-refractivity contribution >= 4 is 39.1 Å². The van der Waals surface area contributed by atoms with E-state index in [9.17, 15) is 4.79 Å². The molecule has 7 heteroatoms. The zero-order chi connectivity index (χ0) is 13.7. The number of anilines is 1. The summed E-state index contributed by atoms with van der Waals surface area (Å²) >= 11 is 9.09. The number of amides is 1. The van der Waals surface area contributed by atoms with Gasteiger partial charge in [0.2, 0.25) is 5.91 Å². The Kier molecular flexibility index (Phi) is 5.57. The molecule has 0 radical (unpaired) electrons. The third kappa shape index (κ3) is 4.72. The Morgan fingerprint density at radius 1 is 1.53 bits per heavy atom. The molecule has 2 N–H and O–H groups in total. The van der Waals surface area contributed by atoms with Crippen molar-refractivity contribution in [1.82, 2.24) is 15.2 Å². The van der Waals surface area contributed by atoms with Crippen LogP contribution in [0, 0.1) is 0 Å². The number of nitrogens with one attached hydrogen (secondary N) is 2. The van der Waals surface area contributed by atoms with Crippen LogP contribution in [0.1, 0.15) is 6.42 Å². The van der Waals surface area contributed by atoms with Crippen LogP contribution in [-0.4, -0.2) is 48.5 Å². The van der Waals surface area contributed by atoms with E-state index in [0.29, 0.717) is 21.9 Å². The third-order valence-electron chi connectivity index (χ3n) is 2.88. The van der Waals surface area contributed by atoms with Gasteiger partial charge in [-0.15, -0.1) is 0 Å². The summed E-state index contributed by atoms with van der Waals surface area (Å²) in [5.74, 6) is -0.0297. The number of nitrogens with zero attached hydrogens (tertiary/aromatic N) is 2. The van der Waals surface area contributed by atoms with Crippen LogP contribution < -0.4 is 10.6 Å². The first kappa shape index (κ1) is 14.7. The van der Waals surface area contributed by atoms with Crippen LogP contribution in [0.2, 0.25) is 5.15 Å². The van der Waals surface area contributed by atoms with Gasteiger partial charge in [-0.2, -0.15) is 0 Å². The number of pyridine rings is 1. The van der Waals surface area contributed by atoms with Gasteiger partial charge in [0.25, 0.3) is 0 Å². The number of carbonyl (C=O) groups excluding carboxylic acids is 1. The molecule has 104 valence electrons. The molecule has 0 aromatic carbocycles. The number of carbonyl (C=O) groups is 1. The molecule has 2 heterocycles. The molecule has 1 fully saturated rings. The van der Waals surface area contributed by atoms with Gasteiger partial charge >= 0.3 is 0 Å². The first-order chi connectivity index (χ1) is 9.15. The number of hydrogen-bond donors (Lipinski definition) is 2. The fourth-order valence-corrected chi connectivity index (χ4v) is 2.41. The van der Waals surface area contributed by atoms with Crippen LogP contribution in [0.5, 0.6) is 0 Å². The van der Waals surface area contributed by atoms with Crippen molar-refractivity contribution in [1.29, 1.82) is 0 Å². The normalized spacial score (nSPS) is 16.9. The van der Waals surface area contributed by atoms with Gasteiger partial charge in [-0.25, -0.2) is 4.98 Å². The second-order valence-corrected chi connectivity index (χ2v) is 5.64. The molecule has 5 nitrogen and oxygen atoms in total. The summed E-state index contributed by atoms with van der Waals surface area (Å²) in [6, 6.07) is 1.75. The maximum Gasteiger partial charge on any atom is 0.238 e. The minimum Gasteiger partial charge on any atom is -0.324 e.